The zero-order chi connectivity index (χ0) is 22.4. The van der Waals surface area contributed by atoms with E-state index >= 15 is 0 Å². The molecule has 0 saturated heterocycles. The second kappa shape index (κ2) is 9.82. The van der Waals surface area contributed by atoms with Crippen LogP contribution in [0.4, 0.5) is 13.2 Å². The number of carbonyl (C=O) groups excluding carboxylic acids is 1. The van der Waals surface area contributed by atoms with Gasteiger partial charge in [-0.3, -0.25) is 9.69 Å². The third-order valence-corrected chi connectivity index (χ3v) is 4.78. The summed E-state index contributed by atoms with van der Waals surface area (Å²) in [5, 5.41) is 2.82. The first kappa shape index (κ1) is 22.6. The number of hydrogen-bond donors (Lipinski definition) is 1. The van der Waals surface area contributed by atoms with E-state index in [-0.39, 0.29) is 30.7 Å². The van der Waals surface area contributed by atoms with Gasteiger partial charge in [-0.1, -0.05) is 25.1 Å². The standard InChI is InChI=1S/C22H24F3N3O3/c1-3-15(2)26-21(29)19-14-31-20(27-19)12-28(11-17-7-8-30-13-17)10-16-5-4-6-18(9-16)22(23,24)25/h4-9,13-15H,3,10-12H2,1-2H3,(H,26,29). The Labute approximate surface area is 178 Å². The first-order valence-corrected chi connectivity index (χ1v) is 9.89. The van der Waals surface area contributed by atoms with Gasteiger partial charge in [0.05, 0.1) is 24.6 Å². The molecule has 9 heteroatoms. The summed E-state index contributed by atoms with van der Waals surface area (Å²) in [6, 6.07) is 6.98. The van der Waals surface area contributed by atoms with Gasteiger partial charge in [0.15, 0.2) is 5.69 Å². The summed E-state index contributed by atoms with van der Waals surface area (Å²) in [6.45, 7) is 4.69. The molecule has 6 nitrogen and oxygen atoms in total. The lowest BCUT2D eigenvalue weighted by Gasteiger charge is -2.20. The lowest BCUT2D eigenvalue weighted by atomic mass is 10.1. The SMILES string of the molecule is CCC(C)NC(=O)c1coc(CN(Cc2ccoc2)Cc2cccc(C(F)(F)F)c2)n1. The summed E-state index contributed by atoms with van der Waals surface area (Å²) < 4.78 is 49.7. The van der Waals surface area contributed by atoms with E-state index < -0.39 is 11.7 Å². The fourth-order valence-electron chi connectivity index (χ4n) is 2.99. The molecule has 1 aromatic carbocycles. The second-order valence-corrected chi connectivity index (χ2v) is 7.38. The van der Waals surface area contributed by atoms with E-state index in [9.17, 15) is 18.0 Å². The van der Waals surface area contributed by atoms with Gasteiger partial charge in [0.25, 0.3) is 5.91 Å². The van der Waals surface area contributed by atoms with Crippen molar-refractivity contribution in [3.63, 3.8) is 0 Å². The van der Waals surface area contributed by atoms with Crippen LogP contribution < -0.4 is 5.32 Å². The first-order valence-electron chi connectivity index (χ1n) is 9.89. The Morgan fingerprint density at radius 1 is 1.16 bits per heavy atom. The Kier molecular flexibility index (Phi) is 7.17. The molecule has 0 aliphatic carbocycles. The molecule has 1 N–H and O–H groups in total. The van der Waals surface area contributed by atoms with Gasteiger partial charge in [0.2, 0.25) is 5.89 Å². The number of halogens is 3. The number of amides is 1. The summed E-state index contributed by atoms with van der Waals surface area (Å²) in [5.41, 5.74) is 0.818. The molecule has 166 valence electrons. The molecule has 0 bridgehead atoms. The van der Waals surface area contributed by atoms with Crippen molar-refractivity contribution in [2.24, 2.45) is 0 Å². The van der Waals surface area contributed by atoms with Crippen LogP contribution in [0.3, 0.4) is 0 Å². The number of nitrogens with zero attached hydrogens (tertiary/aromatic N) is 2. The van der Waals surface area contributed by atoms with Crippen molar-refractivity contribution in [2.75, 3.05) is 0 Å². The average molecular weight is 435 g/mol. The fraction of sp³-hybridized carbons (Fsp3) is 0.364. The van der Waals surface area contributed by atoms with Gasteiger partial charge in [-0.05, 0) is 31.0 Å². The van der Waals surface area contributed by atoms with Crippen LogP contribution >= 0.6 is 0 Å². The van der Waals surface area contributed by atoms with Crippen LogP contribution in [0.15, 0.2) is 58.0 Å². The Morgan fingerprint density at radius 2 is 1.94 bits per heavy atom. The molecule has 3 aromatic rings. The molecule has 0 saturated carbocycles. The largest absolute Gasteiger partial charge is 0.472 e. The van der Waals surface area contributed by atoms with Crippen molar-refractivity contribution in [3.05, 3.63) is 77.4 Å². The van der Waals surface area contributed by atoms with Crippen LogP contribution in [-0.2, 0) is 25.8 Å². The number of aromatic nitrogens is 1. The van der Waals surface area contributed by atoms with Crippen molar-refractivity contribution in [1.82, 2.24) is 15.2 Å². The zero-order valence-corrected chi connectivity index (χ0v) is 17.3. The van der Waals surface area contributed by atoms with Crippen molar-refractivity contribution in [3.8, 4) is 0 Å². The second-order valence-electron chi connectivity index (χ2n) is 7.38. The number of carbonyl (C=O) groups is 1. The van der Waals surface area contributed by atoms with Crippen LogP contribution in [0.25, 0.3) is 0 Å². The van der Waals surface area contributed by atoms with Crippen molar-refractivity contribution in [1.29, 1.82) is 0 Å². The molecule has 2 heterocycles. The summed E-state index contributed by atoms with van der Waals surface area (Å²) in [4.78, 5) is 18.3. The van der Waals surface area contributed by atoms with Crippen molar-refractivity contribution < 1.29 is 26.8 Å². The Hall–Kier alpha value is -3.07. The normalized spacial score (nSPS) is 12.8. The molecular weight excluding hydrogens is 411 g/mol. The van der Waals surface area contributed by atoms with Crippen LogP contribution in [0.1, 0.15) is 53.3 Å². The Balaban J connectivity index is 1.75. The predicted octanol–water partition coefficient (Wildman–Crippen LogP) is 5.02. The van der Waals surface area contributed by atoms with Crippen molar-refractivity contribution in [2.45, 2.75) is 52.1 Å². The number of alkyl halides is 3. The monoisotopic (exact) mass is 435 g/mol. The minimum Gasteiger partial charge on any atom is -0.472 e. The minimum atomic E-state index is -4.41. The fourth-order valence-corrected chi connectivity index (χ4v) is 2.99. The van der Waals surface area contributed by atoms with Gasteiger partial charge >= 0.3 is 6.18 Å². The van der Waals surface area contributed by atoms with Crippen molar-refractivity contribution >= 4 is 5.91 Å². The minimum absolute atomic E-state index is 0.00569. The third kappa shape index (κ3) is 6.45. The van der Waals surface area contributed by atoms with Gasteiger partial charge in [-0.25, -0.2) is 4.98 Å². The molecule has 1 atom stereocenters. The summed E-state index contributed by atoms with van der Waals surface area (Å²) in [6.07, 6.45) is 0.755. The molecule has 0 aliphatic rings. The summed E-state index contributed by atoms with van der Waals surface area (Å²) in [5.74, 6) is -0.0339. The number of benzene rings is 1. The maximum absolute atomic E-state index is 13.1. The smallest absolute Gasteiger partial charge is 0.416 e. The molecule has 1 amide bonds. The lowest BCUT2D eigenvalue weighted by molar-refractivity contribution is -0.137. The van der Waals surface area contributed by atoms with E-state index in [1.807, 2.05) is 18.7 Å². The van der Waals surface area contributed by atoms with Crippen LogP contribution in [0, 0.1) is 0 Å². The zero-order valence-electron chi connectivity index (χ0n) is 17.3. The first-order chi connectivity index (χ1) is 14.7. The van der Waals surface area contributed by atoms with Gasteiger partial charge < -0.3 is 14.2 Å². The third-order valence-electron chi connectivity index (χ3n) is 4.78. The summed E-state index contributed by atoms with van der Waals surface area (Å²) >= 11 is 0. The molecule has 0 fully saturated rings. The lowest BCUT2D eigenvalue weighted by Crippen LogP contribution is -2.32. The highest BCUT2D eigenvalue weighted by Gasteiger charge is 2.30. The van der Waals surface area contributed by atoms with Crippen LogP contribution in [0.5, 0.6) is 0 Å². The van der Waals surface area contributed by atoms with Gasteiger partial charge in [-0.2, -0.15) is 13.2 Å². The quantitative estimate of drug-likeness (QED) is 0.511. The number of nitrogens with one attached hydrogen (secondary N) is 1. The molecule has 0 aliphatic heterocycles. The van der Waals surface area contributed by atoms with Crippen LogP contribution in [-0.4, -0.2) is 21.8 Å². The van der Waals surface area contributed by atoms with Gasteiger partial charge in [0, 0.05) is 24.7 Å². The molecule has 3 rings (SSSR count). The molecule has 2 aromatic heterocycles. The average Bonchev–Trinajstić information content (AvgIpc) is 3.39. The molecule has 31 heavy (non-hydrogen) atoms. The van der Waals surface area contributed by atoms with E-state index in [1.165, 1.54) is 18.6 Å². The van der Waals surface area contributed by atoms with Gasteiger partial charge in [0.1, 0.15) is 6.26 Å². The number of hydrogen-bond acceptors (Lipinski definition) is 5. The maximum Gasteiger partial charge on any atom is 0.416 e. The highest BCUT2D eigenvalue weighted by Crippen LogP contribution is 2.30. The van der Waals surface area contributed by atoms with Crippen LogP contribution in [0.2, 0.25) is 0 Å². The number of rotatable bonds is 9. The van der Waals surface area contributed by atoms with Gasteiger partial charge in [-0.15, -0.1) is 0 Å². The highest BCUT2D eigenvalue weighted by molar-refractivity contribution is 5.92. The van der Waals surface area contributed by atoms with E-state index in [0.717, 1.165) is 24.1 Å². The molecule has 0 spiro atoms. The number of furan rings is 1. The highest BCUT2D eigenvalue weighted by atomic mass is 19.4. The Bertz CT molecular complexity index is 983. The van der Waals surface area contributed by atoms with E-state index in [4.69, 9.17) is 8.83 Å². The molecule has 0 radical (unpaired) electrons. The van der Waals surface area contributed by atoms with E-state index in [1.54, 1.807) is 18.4 Å². The maximum atomic E-state index is 13.1. The molecule has 1 unspecified atom stereocenters. The van der Waals surface area contributed by atoms with E-state index in [2.05, 4.69) is 10.3 Å². The summed E-state index contributed by atoms with van der Waals surface area (Å²) in [7, 11) is 0. The topological polar surface area (TPSA) is 71.5 Å². The Morgan fingerprint density at radius 3 is 2.61 bits per heavy atom. The number of oxazole rings is 1. The predicted molar refractivity (Wildman–Crippen MR) is 107 cm³/mol. The van der Waals surface area contributed by atoms with E-state index in [0.29, 0.717) is 18.0 Å². The molecular formula is C22H24F3N3O3.